The second kappa shape index (κ2) is 10.6. The number of hydrogen-bond donors (Lipinski definition) is 1. The molecule has 6 nitrogen and oxygen atoms in total. The number of rotatable bonds is 8. The van der Waals surface area contributed by atoms with Crippen LogP contribution in [0.25, 0.3) is 10.6 Å². The van der Waals surface area contributed by atoms with Gasteiger partial charge in [-0.3, -0.25) is 9.59 Å². The van der Waals surface area contributed by atoms with Gasteiger partial charge in [-0.1, -0.05) is 25.5 Å². The van der Waals surface area contributed by atoms with Gasteiger partial charge in [0.25, 0.3) is 0 Å². The maximum Gasteiger partial charge on any atom is 0.229 e. The number of likely N-dealkylation sites (tertiary alicyclic amines) is 1. The quantitative estimate of drug-likeness (QED) is 0.476. The molecule has 1 fully saturated rings. The highest BCUT2D eigenvalue weighted by atomic mass is 32.1. The molecule has 2 heterocycles. The molecule has 0 bridgehead atoms. The first kappa shape index (κ1) is 23.0. The van der Waals surface area contributed by atoms with Crippen molar-refractivity contribution in [2.45, 2.75) is 38.6 Å². The van der Waals surface area contributed by atoms with Crippen molar-refractivity contribution in [3.05, 3.63) is 65.7 Å². The third-order valence-electron chi connectivity index (χ3n) is 6.08. The first-order chi connectivity index (χ1) is 16.1. The summed E-state index contributed by atoms with van der Waals surface area (Å²) in [5, 5.41) is 5.97. The molecular weight excluding hydrogens is 434 g/mol. The van der Waals surface area contributed by atoms with Crippen LogP contribution in [0.5, 0.6) is 5.75 Å². The number of benzene rings is 2. The van der Waals surface area contributed by atoms with Crippen molar-refractivity contribution in [1.82, 2.24) is 9.88 Å². The smallest absolute Gasteiger partial charge is 0.229 e. The van der Waals surface area contributed by atoms with E-state index < -0.39 is 0 Å². The van der Waals surface area contributed by atoms with Crippen LogP contribution in [0.4, 0.5) is 5.69 Å². The number of unbranched alkanes of at least 4 members (excludes halogenated alkanes) is 1. The van der Waals surface area contributed by atoms with Crippen LogP contribution in [-0.2, 0) is 9.59 Å². The van der Waals surface area contributed by atoms with E-state index in [9.17, 15) is 9.59 Å². The van der Waals surface area contributed by atoms with Gasteiger partial charge >= 0.3 is 0 Å². The Morgan fingerprint density at radius 2 is 1.94 bits per heavy atom. The first-order valence-corrected chi connectivity index (χ1v) is 12.2. The highest BCUT2D eigenvalue weighted by molar-refractivity contribution is 7.13. The van der Waals surface area contributed by atoms with Crippen LogP contribution in [-0.4, -0.2) is 35.4 Å². The summed E-state index contributed by atoms with van der Waals surface area (Å²) in [7, 11) is 1.63. The van der Waals surface area contributed by atoms with Gasteiger partial charge in [-0.05, 0) is 54.8 Å². The van der Waals surface area contributed by atoms with Gasteiger partial charge in [0.15, 0.2) is 0 Å². The minimum absolute atomic E-state index is 0.0631. The number of ether oxygens (including phenoxy) is 1. The number of amides is 2. The zero-order valence-electron chi connectivity index (χ0n) is 19.0. The summed E-state index contributed by atoms with van der Waals surface area (Å²) in [5.41, 5.74) is 2.72. The molecule has 0 radical (unpaired) electrons. The van der Waals surface area contributed by atoms with Crippen molar-refractivity contribution in [2.75, 3.05) is 19.0 Å². The SMILES string of the molecule is CCCCN1C(=O)CC[C@H](C(=O)Nc2ccc(-c3nccs3)cc2)[C@@H]1c1ccc(OC)cc1. The fourth-order valence-electron chi connectivity index (χ4n) is 4.33. The predicted molar refractivity (Wildman–Crippen MR) is 131 cm³/mol. The van der Waals surface area contributed by atoms with Gasteiger partial charge in [0, 0.05) is 35.8 Å². The minimum atomic E-state index is -0.327. The Balaban J connectivity index is 1.57. The number of thiazole rings is 1. The number of methoxy groups -OCH3 is 1. The Kier molecular flexibility index (Phi) is 7.40. The zero-order valence-corrected chi connectivity index (χ0v) is 19.8. The van der Waals surface area contributed by atoms with E-state index in [0.29, 0.717) is 19.4 Å². The summed E-state index contributed by atoms with van der Waals surface area (Å²) >= 11 is 1.58. The van der Waals surface area contributed by atoms with E-state index in [-0.39, 0.29) is 23.8 Å². The van der Waals surface area contributed by atoms with E-state index in [2.05, 4.69) is 17.2 Å². The summed E-state index contributed by atoms with van der Waals surface area (Å²) in [5.74, 6) is 0.474. The monoisotopic (exact) mass is 463 g/mol. The van der Waals surface area contributed by atoms with Gasteiger partial charge in [-0.2, -0.15) is 0 Å². The molecule has 33 heavy (non-hydrogen) atoms. The predicted octanol–water partition coefficient (Wildman–Crippen LogP) is 5.54. The van der Waals surface area contributed by atoms with Gasteiger partial charge < -0.3 is 15.0 Å². The number of nitrogens with zero attached hydrogens (tertiary/aromatic N) is 2. The van der Waals surface area contributed by atoms with E-state index in [1.165, 1.54) is 0 Å². The van der Waals surface area contributed by atoms with Gasteiger partial charge in [0.1, 0.15) is 10.8 Å². The van der Waals surface area contributed by atoms with Gasteiger partial charge in [-0.25, -0.2) is 4.98 Å². The maximum atomic E-state index is 13.4. The average molecular weight is 464 g/mol. The number of nitrogens with one attached hydrogen (secondary N) is 1. The van der Waals surface area contributed by atoms with Crippen LogP contribution >= 0.6 is 11.3 Å². The number of carbonyl (C=O) groups is 2. The standard InChI is InChI=1S/C26H29N3O3S/c1-3-4-16-29-23(30)14-13-22(24(29)18-7-11-21(32-2)12-8-18)25(31)28-20-9-5-19(6-10-20)26-27-15-17-33-26/h5-12,15,17,22,24H,3-4,13-14,16H2,1-2H3,(H,28,31)/t22-,24-/m0/s1. The molecule has 1 saturated heterocycles. The van der Waals surface area contributed by atoms with Gasteiger partial charge in [-0.15, -0.1) is 11.3 Å². The van der Waals surface area contributed by atoms with Crippen LogP contribution < -0.4 is 10.1 Å². The van der Waals surface area contributed by atoms with Crippen LogP contribution in [0.3, 0.4) is 0 Å². The summed E-state index contributed by atoms with van der Waals surface area (Å²) in [6.07, 6.45) is 4.59. The molecule has 2 aromatic carbocycles. The fourth-order valence-corrected chi connectivity index (χ4v) is 4.97. The Bertz CT molecular complexity index is 1070. The van der Waals surface area contributed by atoms with Crippen molar-refractivity contribution < 1.29 is 14.3 Å². The Hall–Kier alpha value is -3.19. The highest BCUT2D eigenvalue weighted by Crippen LogP contribution is 2.38. The molecule has 0 spiro atoms. The number of hydrogen-bond acceptors (Lipinski definition) is 5. The lowest BCUT2D eigenvalue weighted by Gasteiger charge is -2.41. The lowest BCUT2D eigenvalue weighted by Crippen LogP contribution is -2.47. The van der Waals surface area contributed by atoms with E-state index >= 15 is 0 Å². The molecule has 3 aromatic rings. The second-order valence-electron chi connectivity index (χ2n) is 8.21. The van der Waals surface area contributed by atoms with E-state index in [0.717, 1.165) is 40.4 Å². The van der Waals surface area contributed by atoms with Crippen LogP contribution in [0.15, 0.2) is 60.1 Å². The number of carbonyl (C=O) groups excluding carboxylic acids is 2. The average Bonchev–Trinajstić information content (AvgIpc) is 3.38. The summed E-state index contributed by atoms with van der Waals surface area (Å²) in [6, 6.07) is 15.1. The molecule has 1 aliphatic rings. The first-order valence-electron chi connectivity index (χ1n) is 11.3. The van der Waals surface area contributed by atoms with Crippen LogP contribution in [0.1, 0.15) is 44.2 Å². The molecular formula is C26H29N3O3S. The van der Waals surface area contributed by atoms with Crippen LogP contribution in [0.2, 0.25) is 0 Å². The lowest BCUT2D eigenvalue weighted by atomic mass is 9.83. The van der Waals surface area contributed by atoms with E-state index in [1.807, 2.05) is 58.8 Å². The van der Waals surface area contributed by atoms with E-state index in [1.54, 1.807) is 24.6 Å². The second-order valence-corrected chi connectivity index (χ2v) is 9.10. The molecule has 172 valence electrons. The van der Waals surface area contributed by atoms with Crippen molar-refractivity contribution in [2.24, 2.45) is 5.92 Å². The highest BCUT2D eigenvalue weighted by Gasteiger charge is 2.40. The molecule has 1 aliphatic heterocycles. The molecule has 0 aliphatic carbocycles. The summed E-state index contributed by atoms with van der Waals surface area (Å²) < 4.78 is 5.30. The normalized spacial score (nSPS) is 18.2. The minimum Gasteiger partial charge on any atom is -0.497 e. The largest absolute Gasteiger partial charge is 0.497 e. The van der Waals surface area contributed by atoms with E-state index in [4.69, 9.17) is 4.74 Å². The topological polar surface area (TPSA) is 71.5 Å². The van der Waals surface area contributed by atoms with Crippen molar-refractivity contribution in [3.63, 3.8) is 0 Å². The molecule has 2 amide bonds. The zero-order chi connectivity index (χ0) is 23.2. The summed E-state index contributed by atoms with van der Waals surface area (Å²) in [4.78, 5) is 32.5. The maximum absolute atomic E-state index is 13.4. The number of aromatic nitrogens is 1. The van der Waals surface area contributed by atoms with Crippen molar-refractivity contribution in [3.8, 4) is 16.3 Å². The number of piperidine rings is 1. The Morgan fingerprint density at radius 3 is 2.58 bits per heavy atom. The van der Waals surface area contributed by atoms with Crippen molar-refractivity contribution in [1.29, 1.82) is 0 Å². The van der Waals surface area contributed by atoms with Crippen LogP contribution in [0, 0.1) is 5.92 Å². The lowest BCUT2D eigenvalue weighted by molar-refractivity contribution is -0.142. The van der Waals surface area contributed by atoms with Crippen molar-refractivity contribution >= 4 is 28.8 Å². The third kappa shape index (κ3) is 5.25. The van der Waals surface area contributed by atoms with Gasteiger partial charge in [0.05, 0.1) is 19.1 Å². The third-order valence-corrected chi connectivity index (χ3v) is 6.91. The summed E-state index contributed by atoms with van der Waals surface area (Å²) in [6.45, 7) is 2.76. The molecule has 0 saturated carbocycles. The molecule has 7 heteroatoms. The Labute approximate surface area is 198 Å². The molecule has 4 rings (SSSR count). The fraction of sp³-hybridized carbons (Fsp3) is 0.346. The molecule has 2 atom stereocenters. The molecule has 1 N–H and O–H groups in total. The Morgan fingerprint density at radius 1 is 1.18 bits per heavy atom. The number of anilines is 1. The molecule has 0 unspecified atom stereocenters. The molecule has 1 aromatic heterocycles. The van der Waals surface area contributed by atoms with Gasteiger partial charge in [0.2, 0.25) is 11.8 Å².